The fourth-order valence-corrected chi connectivity index (χ4v) is 5.45. The zero-order valence-corrected chi connectivity index (χ0v) is 19.0. The van der Waals surface area contributed by atoms with Crippen LogP contribution in [0.25, 0.3) is 0 Å². The van der Waals surface area contributed by atoms with Crippen LogP contribution in [0.1, 0.15) is 11.1 Å². The van der Waals surface area contributed by atoms with Crippen LogP contribution in [0.4, 0.5) is 10.5 Å². The molecule has 1 aromatic heterocycles. The lowest BCUT2D eigenvalue weighted by Gasteiger charge is -2.34. The second-order valence-corrected chi connectivity index (χ2v) is 9.87. The van der Waals surface area contributed by atoms with Gasteiger partial charge in [0, 0.05) is 30.2 Å². The predicted octanol–water partition coefficient (Wildman–Crippen LogP) is 4.14. The molecule has 0 unspecified atom stereocenters. The normalized spacial score (nSPS) is 15.3. The number of halogens is 2. The third-order valence-electron chi connectivity index (χ3n) is 5.19. The molecule has 2 heterocycles. The van der Waals surface area contributed by atoms with Gasteiger partial charge in [-0.3, -0.25) is 9.58 Å². The fraction of sp³-hybridized carbons (Fsp3) is 0.238. The molecule has 1 aliphatic heterocycles. The molecule has 0 radical (unpaired) electrons. The number of benzene rings is 2. The van der Waals surface area contributed by atoms with Gasteiger partial charge < -0.3 is 0 Å². The lowest BCUT2D eigenvalue weighted by atomic mass is 10.1. The van der Waals surface area contributed by atoms with E-state index >= 15 is 0 Å². The van der Waals surface area contributed by atoms with Crippen molar-refractivity contribution < 1.29 is 13.2 Å². The van der Waals surface area contributed by atoms with Crippen LogP contribution in [-0.2, 0) is 29.9 Å². The Kier molecular flexibility index (Phi) is 5.96. The first-order valence-corrected chi connectivity index (χ1v) is 11.8. The van der Waals surface area contributed by atoms with Gasteiger partial charge in [0.1, 0.15) is 5.69 Å². The molecule has 162 valence electrons. The maximum Gasteiger partial charge on any atom is 0.338 e. The number of aryl methyl sites for hydroxylation is 1. The monoisotopic (exact) mass is 478 g/mol. The molecule has 31 heavy (non-hydrogen) atoms. The third kappa shape index (κ3) is 4.28. The minimum Gasteiger partial charge on any atom is -0.289 e. The maximum atomic E-state index is 13.3. The number of urea groups is 1. The Labute approximate surface area is 190 Å². The zero-order chi connectivity index (χ0) is 22.2. The lowest BCUT2D eigenvalue weighted by Crippen LogP contribution is -2.52. The van der Waals surface area contributed by atoms with Crippen LogP contribution < -0.4 is 4.90 Å². The molecule has 0 fully saturated rings. The van der Waals surface area contributed by atoms with E-state index in [9.17, 15) is 13.2 Å². The summed E-state index contributed by atoms with van der Waals surface area (Å²) in [5.41, 5.74) is 2.17. The van der Waals surface area contributed by atoms with Crippen molar-refractivity contribution in [3.8, 4) is 0 Å². The van der Waals surface area contributed by atoms with E-state index in [0.717, 1.165) is 15.4 Å². The van der Waals surface area contributed by atoms with Crippen LogP contribution >= 0.6 is 23.2 Å². The van der Waals surface area contributed by atoms with E-state index in [2.05, 4.69) is 5.10 Å². The summed E-state index contributed by atoms with van der Waals surface area (Å²) >= 11 is 11.9. The Morgan fingerprint density at radius 1 is 0.871 bits per heavy atom. The highest BCUT2D eigenvalue weighted by Crippen LogP contribution is 2.34. The number of hydrogen-bond acceptors (Lipinski definition) is 4. The van der Waals surface area contributed by atoms with E-state index in [1.54, 1.807) is 31.3 Å². The zero-order valence-electron chi connectivity index (χ0n) is 16.7. The number of nitrogens with zero attached hydrogens (tertiary/aromatic N) is 4. The molecular formula is C21H20Cl2N4O3S. The first-order valence-electron chi connectivity index (χ1n) is 9.62. The van der Waals surface area contributed by atoms with E-state index in [1.165, 1.54) is 15.8 Å². The Balaban J connectivity index is 1.61. The number of carbonyl (C=O) groups excluding carboxylic acids is 1. The van der Waals surface area contributed by atoms with Crippen LogP contribution in [-0.4, -0.2) is 41.6 Å². The molecule has 0 saturated carbocycles. The van der Waals surface area contributed by atoms with Crippen molar-refractivity contribution in [1.29, 1.82) is 0 Å². The van der Waals surface area contributed by atoms with Gasteiger partial charge in [-0.05, 0) is 48.2 Å². The smallest absolute Gasteiger partial charge is 0.289 e. The Bertz CT molecular complexity index is 1210. The number of carbonyl (C=O) groups is 1. The largest absolute Gasteiger partial charge is 0.338 e. The van der Waals surface area contributed by atoms with Crippen molar-refractivity contribution in [3.05, 3.63) is 75.9 Å². The van der Waals surface area contributed by atoms with Crippen molar-refractivity contribution in [2.24, 2.45) is 7.05 Å². The summed E-state index contributed by atoms with van der Waals surface area (Å²) in [4.78, 5) is 14.7. The number of amides is 2. The molecule has 0 bridgehead atoms. The van der Waals surface area contributed by atoms with Crippen molar-refractivity contribution in [2.75, 3.05) is 18.0 Å². The van der Waals surface area contributed by atoms with Gasteiger partial charge in [-0.15, -0.1) is 0 Å². The molecule has 0 saturated heterocycles. The molecule has 2 aromatic carbocycles. The molecule has 4 rings (SSSR count). The highest BCUT2D eigenvalue weighted by atomic mass is 35.5. The number of fused-ring (bicyclic) bond motifs is 1. The third-order valence-corrected chi connectivity index (χ3v) is 7.57. The molecule has 0 spiro atoms. The van der Waals surface area contributed by atoms with E-state index < -0.39 is 16.1 Å². The molecule has 7 nitrogen and oxygen atoms in total. The van der Waals surface area contributed by atoms with Gasteiger partial charge in [-0.25, -0.2) is 9.10 Å². The van der Waals surface area contributed by atoms with Crippen molar-refractivity contribution in [3.63, 3.8) is 0 Å². The number of anilines is 1. The summed E-state index contributed by atoms with van der Waals surface area (Å²) in [6, 6.07) is 13.9. The standard InChI is InChI=1S/C21H20Cl2N4O3S/c1-25-20-19(14-24-25)26(12-10-15-2-6-17(22)7-3-15)21(28)27(31(20,29)30)13-11-16-4-8-18(23)9-5-16/h2-9,14H,10-13H2,1H3. The Hall–Kier alpha value is -2.55. The van der Waals surface area contributed by atoms with Gasteiger partial charge in [0.25, 0.3) is 10.0 Å². The SMILES string of the molecule is Cn1ncc2c1S(=O)(=O)N(CCc1ccc(Cl)cc1)C(=O)N2CCc1ccc(Cl)cc1. The summed E-state index contributed by atoms with van der Waals surface area (Å²) in [5.74, 6) is 0. The second kappa shape index (κ2) is 8.53. The van der Waals surface area contributed by atoms with Crippen molar-refractivity contribution in [2.45, 2.75) is 17.9 Å². The molecule has 3 aromatic rings. The van der Waals surface area contributed by atoms with Crippen LogP contribution in [0, 0.1) is 0 Å². The molecule has 10 heteroatoms. The topological polar surface area (TPSA) is 75.5 Å². The van der Waals surface area contributed by atoms with E-state index in [4.69, 9.17) is 23.2 Å². The van der Waals surface area contributed by atoms with Crippen molar-refractivity contribution >= 4 is 44.9 Å². The molecule has 2 amide bonds. The van der Waals surface area contributed by atoms with Crippen LogP contribution in [0.2, 0.25) is 10.0 Å². The van der Waals surface area contributed by atoms with Crippen LogP contribution in [0.5, 0.6) is 0 Å². The minimum atomic E-state index is -4.02. The molecule has 0 atom stereocenters. The molecular weight excluding hydrogens is 459 g/mol. The average molecular weight is 479 g/mol. The number of rotatable bonds is 6. The van der Waals surface area contributed by atoms with Crippen LogP contribution in [0.3, 0.4) is 0 Å². The fourth-order valence-electron chi connectivity index (χ4n) is 3.55. The number of aromatic nitrogens is 2. The van der Waals surface area contributed by atoms with E-state index in [-0.39, 0.29) is 11.6 Å². The summed E-state index contributed by atoms with van der Waals surface area (Å²) < 4.78 is 28.6. The molecule has 1 aliphatic rings. The molecule has 0 aliphatic carbocycles. The van der Waals surface area contributed by atoms with Crippen molar-refractivity contribution in [1.82, 2.24) is 14.1 Å². The summed E-state index contributed by atoms with van der Waals surface area (Å²) in [6.07, 6.45) is 2.34. The number of sulfonamides is 1. The molecule has 0 N–H and O–H groups in total. The summed E-state index contributed by atoms with van der Waals surface area (Å²) in [6.45, 7) is 0.330. The van der Waals surface area contributed by atoms with Gasteiger partial charge in [-0.1, -0.05) is 47.5 Å². The first-order chi connectivity index (χ1) is 14.8. The second-order valence-electron chi connectivity index (χ2n) is 7.22. The van der Waals surface area contributed by atoms with Gasteiger partial charge in [0.05, 0.1) is 6.20 Å². The van der Waals surface area contributed by atoms with Crippen LogP contribution in [0.15, 0.2) is 59.8 Å². The van der Waals surface area contributed by atoms with Gasteiger partial charge >= 0.3 is 6.03 Å². The minimum absolute atomic E-state index is 0.0133. The highest BCUT2D eigenvalue weighted by Gasteiger charge is 2.43. The summed E-state index contributed by atoms with van der Waals surface area (Å²) in [5, 5.41) is 5.33. The summed E-state index contributed by atoms with van der Waals surface area (Å²) in [7, 11) is -2.46. The van der Waals surface area contributed by atoms with Gasteiger partial charge in [-0.2, -0.15) is 13.5 Å². The predicted molar refractivity (Wildman–Crippen MR) is 120 cm³/mol. The van der Waals surface area contributed by atoms with Gasteiger partial charge in [0.2, 0.25) is 0 Å². The average Bonchev–Trinajstić information content (AvgIpc) is 3.12. The first kappa shape index (κ1) is 21.7. The maximum absolute atomic E-state index is 13.3. The quantitative estimate of drug-likeness (QED) is 0.533. The highest BCUT2D eigenvalue weighted by molar-refractivity contribution is 7.89. The van der Waals surface area contributed by atoms with Gasteiger partial charge in [0.15, 0.2) is 5.03 Å². The van der Waals surface area contributed by atoms with E-state index in [0.29, 0.717) is 35.1 Å². The van der Waals surface area contributed by atoms with E-state index in [1.807, 2.05) is 24.3 Å². The number of hydrogen-bond donors (Lipinski definition) is 0. The Morgan fingerprint density at radius 2 is 1.39 bits per heavy atom. The lowest BCUT2D eigenvalue weighted by molar-refractivity contribution is 0.227. The Morgan fingerprint density at radius 3 is 1.94 bits per heavy atom.